The van der Waals surface area contributed by atoms with E-state index in [0.717, 1.165) is 12.5 Å². The Morgan fingerprint density at radius 2 is 1.85 bits per heavy atom. The zero-order valence-electron chi connectivity index (χ0n) is 8.46. The predicted molar refractivity (Wildman–Crippen MR) is 52.4 cm³/mol. The van der Waals surface area contributed by atoms with Gasteiger partial charge in [-0.15, -0.1) is 0 Å². The lowest BCUT2D eigenvalue weighted by atomic mass is 9.96. The summed E-state index contributed by atoms with van der Waals surface area (Å²) in [5.41, 5.74) is 0. The predicted octanol–water partition coefficient (Wildman–Crippen LogP) is 2.19. The molecule has 0 bridgehead atoms. The molecule has 2 fully saturated rings. The summed E-state index contributed by atoms with van der Waals surface area (Å²) in [7, 11) is 0. The van der Waals surface area contributed by atoms with E-state index in [0.29, 0.717) is 6.04 Å². The summed E-state index contributed by atoms with van der Waals surface area (Å²) in [6, 6.07) is 0.597. The molecule has 1 aliphatic carbocycles. The van der Waals surface area contributed by atoms with Gasteiger partial charge in [-0.25, -0.2) is 0 Å². The maximum atomic E-state index is 11.3. The van der Waals surface area contributed by atoms with Gasteiger partial charge in [-0.1, -0.05) is 12.8 Å². The monoisotopic (exact) mass is 181 g/mol. The lowest BCUT2D eigenvalue weighted by Gasteiger charge is -2.28. The largest absolute Gasteiger partial charge is 0.340 e. The molecule has 2 aliphatic rings. The van der Waals surface area contributed by atoms with Crippen molar-refractivity contribution in [2.24, 2.45) is 5.92 Å². The smallest absolute Gasteiger partial charge is 0.219 e. The van der Waals surface area contributed by atoms with Crippen molar-refractivity contribution in [2.45, 2.75) is 51.5 Å². The number of nitrogens with zero attached hydrogens (tertiary/aromatic N) is 1. The normalized spacial score (nSPS) is 29.9. The molecule has 0 spiro atoms. The van der Waals surface area contributed by atoms with Crippen LogP contribution in [0.2, 0.25) is 0 Å². The van der Waals surface area contributed by atoms with Crippen LogP contribution in [0.15, 0.2) is 0 Å². The first-order valence-corrected chi connectivity index (χ1v) is 5.56. The summed E-state index contributed by atoms with van der Waals surface area (Å²) >= 11 is 0. The van der Waals surface area contributed by atoms with Crippen LogP contribution >= 0.6 is 0 Å². The van der Waals surface area contributed by atoms with E-state index in [1.807, 2.05) is 0 Å². The molecule has 1 saturated heterocycles. The minimum Gasteiger partial charge on any atom is -0.340 e. The molecule has 2 rings (SSSR count). The fraction of sp³-hybridized carbons (Fsp3) is 0.909. The number of rotatable bonds is 1. The van der Waals surface area contributed by atoms with Crippen LogP contribution in [0.5, 0.6) is 0 Å². The molecule has 1 aliphatic heterocycles. The van der Waals surface area contributed by atoms with E-state index < -0.39 is 0 Å². The van der Waals surface area contributed by atoms with Gasteiger partial charge in [0.15, 0.2) is 0 Å². The Labute approximate surface area is 80.3 Å². The van der Waals surface area contributed by atoms with E-state index in [1.54, 1.807) is 6.92 Å². The highest BCUT2D eigenvalue weighted by Gasteiger charge is 2.34. The quantitative estimate of drug-likeness (QED) is 0.607. The van der Waals surface area contributed by atoms with E-state index in [-0.39, 0.29) is 5.91 Å². The van der Waals surface area contributed by atoms with Crippen molar-refractivity contribution in [2.75, 3.05) is 6.54 Å². The second-order valence-corrected chi connectivity index (χ2v) is 4.47. The van der Waals surface area contributed by atoms with Crippen molar-refractivity contribution in [3.63, 3.8) is 0 Å². The van der Waals surface area contributed by atoms with Crippen LogP contribution in [0.25, 0.3) is 0 Å². The molecular weight excluding hydrogens is 162 g/mol. The summed E-state index contributed by atoms with van der Waals surface area (Å²) < 4.78 is 0. The van der Waals surface area contributed by atoms with Crippen molar-refractivity contribution < 1.29 is 4.79 Å². The molecule has 2 nitrogen and oxygen atoms in total. The van der Waals surface area contributed by atoms with Crippen molar-refractivity contribution in [1.82, 2.24) is 4.90 Å². The molecule has 1 saturated carbocycles. The van der Waals surface area contributed by atoms with Gasteiger partial charge in [0.2, 0.25) is 5.91 Å². The summed E-state index contributed by atoms with van der Waals surface area (Å²) in [5, 5.41) is 0. The Morgan fingerprint density at radius 3 is 2.46 bits per heavy atom. The molecule has 13 heavy (non-hydrogen) atoms. The molecule has 0 radical (unpaired) electrons. The molecule has 1 atom stereocenters. The molecule has 2 heteroatoms. The molecule has 1 heterocycles. The first kappa shape index (κ1) is 9.04. The molecule has 1 unspecified atom stereocenters. The molecule has 0 N–H and O–H groups in total. The minimum atomic E-state index is 0.286. The minimum absolute atomic E-state index is 0.286. The second-order valence-electron chi connectivity index (χ2n) is 4.47. The zero-order chi connectivity index (χ0) is 9.26. The Kier molecular flexibility index (Phi) is 2.56. The van der Waals surface area contributed by atoms with Gasteiger partial charge in [-0.3, -0.25) is 4.79 Å². The highest BCUT2D eigenvalue weighted by atomic mass is 16.2. The molecular formula is C11H19NO. The summed E-state index contributed by atoms with van der Waals surface area (Å²) in [6.07, 6.45) is 7.95. The van der Waals surface area contributed by atoms with Gasteiger partial charge in [0.25, 0.3) is 0 Å². The number of carbonyl (C=O) groups excluding carboxylic acids is 1. The maximum Gasteiger partial charge on any atom is 0.219 e. The fourth-order valence-electron chi connectivity index (χ4n) is 3.02. The fourth-order valence-corrected chi connectivity index (χ4v) is 3.02. The Morgan fingerprint density at radius 1 is 1.15 bits per heavy atom. The standard InChI is InChI=1S/C11H19NO/c1-9(13)12-8-4-7-11(12)10-5-2-3-6-10/h10-11H,2-8H2,1H3. The third kappa shape index (κ3) is 1.72. The first-order valence-electron chi connectivity index (χ1n) is 5.56. The highest BCUT2D eigenvalue weighted by molar-refractivity contribution is 5.73. The Balaban J connectivity index is 2.00. The van der Waals surface area contributed by atoms with Crippen molar-refractivity contribution >= 4 is 5.91 Å². The summed E-state index contributed by atoms with van der Waals surface area (Å²) in [5.74, 6) is 1.11. The molecule has 1 amide bonds. The van der Waals surface area contributed by atoms with Crippen LogP contribution < -0.4 is 0 Å². The van der Waals surface area contributed by atoms with E-state index in [1.165, 1.54) is 38.5 Å². The van der Waals surface area contributed by atoms with Gasteiger partial charge in [0.05, 0.1) is 0 Å². The first-order chi connectivity index (χ1) is 6.29. The number of hydrogen-bond acceptors (Lipinski definition) is 1. The van der Waals surface area contributed by atoms with Crippen LogP contribution in [-0.4, -0.2) is 23.4 Å². The third-order valence-electron chi connectivity index (χ3n) is 3.65. The zero-order valence-corrected chi connectivity index (χ0v) is 8.46. The number of carbonyl (C=O) groups is 1. The van der Waals surface area contributed by atoms with Crippen LogP contribution in [0.4, 0.5) is 0 Å². The van der Waals surface area contributed by atoms with Gasteiger partial charge in [-0.2, -0.15) is 0 Å². The summed E-state index contributed by atoms with van der Waals surface area (Å²) in [6.45, 7) is 2.73. The van der Waals surface area contributed by atoms with Gasteiger partial charge in [0, 0.05) is 19.5 Å². The van der Waals surface area contributed by atoms with E-state index >= 15 is 0 Å². The Hall–Kier alpha value is -0.530. The van der Waals surface area contributed by atoms with Crippen LogP contribution in [0.3, 0.4) is 0 Å². The number of amides is 1. The lowest BCUT2D eigenvalue weighted by molar-refractivity contribution is -0.130. The van der Waals surface area contributed by atoms with Gasteiger partial charge in [0.1, 0.15) is 0 Å². The van der Waals surface area contributed by atoms with E-state index in [4.69, 9.17) is 0 Å². The van der Waals surface area contributed by atoms with Crippen LogP contribution in [0.1, 0.15) is 45.4 Å². The lowest BCUT2D eigenvalue weighted by Crippen LogP contribution is -2.37. The van der Waals surface area contributed by atoms with Crippen LogP contribution in [-0.2, 0) is 4.79 Å². The van der Waals surface area contributed by atoms with E-state index in [9.17, 15) is 4.79 Å². The van der Waals surface area contributed by atoms with Gasteiger partial charge >= 0.3 is 0 Å². The van der Waals surface area contributed by atoms with Crippen LogP contribution in [0, 0.1) is 5.92 Å². The topological polar surface area (TPSA) is 20.3 Å². The van der Waals surface area contributed by atoms with E-state index in [2.05, 4.69) is 4.90 Å². The number of likely N-dealkylation sites (tertiary alicyclic amines) is 1. The Bertz CT molecular complexity index is 196. The van der Waals surface area contributed by atoms with Crippen molar-refractivity contribution in [3.8, 4) is 0 Å². The number of hydrogen-bond donors (Lipinski definition) is 0. The van der Waals surface area contributed by atoms with Crippen molar-refractivity contribution in [1.29, 1.82) is 0 Å². The molecule has 0 aromatic carbocycles. The molecule has 0 aromatic heterocycles. The average molecular weight is 181 g/mol. The molecule has 74 valence electrons. The van der Waals surface area contributed by atoms with Gasteiger partial charge < -0.3 is 4.90 Å². The highest BCUT2D eigenvalue weighted by Crippen LogP contribution is 2.35. The molecule has 0 aromatic rings. The summed E-state index contributed by atoms with van der Waals surface area (Å²) in [4.78, 5) is 13.4. The van der Waals surface area contributed by atoms with Gasteiger partial charge in [-0.05, 0) is 31.6 Å². The van der Waals surface area contributed by atoms with Crippen molar-refractivity contribution in [3.05, 3.63) is 0 Å². The maximum absolute atomic E-state index is 11.3. The second kappa shape index (κ2) is 3.69. The SMILES string of the molecule is CC(=O)N1CCCC1C1CCCC1. The third-order valence-corrected chi connectivity index (χ3v) is 3.65. The average Bonchev–Trinajstić information content (AvgIpc) is 2.74.